The molecule has 0 aliphatic heterocycles. The first kappa shape index (κ1) is 52.0. The number of unbranched alkanes of at least 4 members (excludes halogenated alkanes) is 22. The van der Waals surface area contributed by atoms with E-state index in [1.807, 2.05) is 0 Å². The van der Waals surface area contributed by atoms with Gasteiger partial charge in [-0.05, 0) is 64.2 Å². The summed E-state index contributed by atoms with van der Waals surface area (Å²) in [7, 11) is -4.95. The number of carbonyl (C=O) groups excluding carboxylic acids is 3. The first-order valence-electron chi connectivity index (χ1n) is 21.4. The highest BCUT2D eigenvalue weighted by Gasteiger charge is 2.22. The van der Waals surface area contributed by atoms with Crippen LogP contribution < -0.4 is 15.7 Å². The summed E-state index contributed by atoms with van der Waals surface area (Å²) in [6.07, 6.45) is 37.9. The van der Waals surface area contributed by atoms with Crippen LogP contribution in [-0.2, 0) is 37.5 Å². The van der Waals surface area contributed by atoms with Crippen molar-refractivity contribution >= 4 is 25.7 Å². The maximum absolute atomic E-state index is 12.6. The molecule has 3 atom stereocenters. The highest BCUT2D eigenvalue weighted by molar-refractivity contribution is 7.45. The lowest BCUT2D eigenvalue weighted by atomic mass is 10.1. The Bertz CT molecular complexity index is 1020. The zero-order valence-corrected chi connectivity index (χ0v) is 35.0. The minimum atomic E-state index is -4.95. The number of rotatable bonds is 40. The minimum absolute atomic E-state index is 0.137. The molecular weight excluding hydrogens is 709 g/mol. The Hall–Kier alpha value is -2.04. The Morgan fingerprint density at radius 1 is 0.556 bits per heavy atom. The number of quaternary nitrogens is 1. The van der Waals surface area contributed by atoms with Crippen LogP contribution in [0.5, 0.6) is 0 Å². The van der Waals surface area contributed by atoms with E-state index in [0.29, 0.717) is 12.8 Å². The van der Waals surface area contributed by atoms with E-state index in [1.54, 1.807) is 0 Å². The highest BCUT2D eigenvalue weighted by Crippen LogP contribution is 2.38. The van der Waals surface area contributed by atoms with Crippen molar-refractivity contribution in [3.63, 3.8) is 0 Å². The summed E-state index contributed by atoms with van der Waals surface area (Å²) in [5.74, 6) is -2.59. The average Bonchev–Trinajstić information content (AvgIpc) is 3.14. The standard InChI is InChI=1S/C42H78NO10P/c1-3-5-7-9-11-13-15-17-19-21-23-25-27-29-31-33-40(44)50-35-38(36-51-54(48,49)52-37-39(43)42(46)47)53-41(45)34-32-30-28-26-24-22-20-18-16-14-12-10-8-6-4-2/h17-20,38-39H,3-16,21-37,43H2,1-2H3,(H,46,47)(H,48,49)/p-1/b19-17-,20-18-/t38-,39-/m1/s1. The summed E-state index contributed by atoms with van der Waals surface area (Å²) in [6.45, 7) is 2.68. The van der Waals surface area contributed by atoms with Crippen LogP contribution in [0.3, 0.4) is 0 Å². The molecular formula is C42H77NO10P-. The molecule has 0 aromatic rings. The third-order valence-corrected chi connectivity index (χ3v) is 10.1. The van der Waals surface area contributed by atoms with Crippen molar-refractivity contribution in [2.45, 2.75) is 206 Å². The molecule has 0 aliphatic rings. The van der Waals surface area contributed by atoms with Crippen molar-refractivity contribution < 1.29 is 53.2 Å². The molecule has 0 fully saturated rings. The summed E-state index contributed by atoms with van der Waals surface area (Å²) in [4.78, 5) is 48.0. The van der Waals surface area contributed by atoms with Gasteiger partial charge in [0.2, 0.25) is 0 Å². The first-order chi connectivity index (χ1) is 26.1. The van der Waals surface area contributed by atoms with Crippen LogP contribution in [0.4, 0.5) is 0 Å². The van der Waals surface area contributed by atoms with Gasteiger partial charge in [-0.1, -0.05) is 141 Å². The van der Waals surface area contributed by atoms with Gasteiger partial charge in [0.1, 0.15) is 25.2 Å². The number of phosphoric ester groups is 1. The Morgan fingerprint density at radius 3 is 1.35 bits per heavy atom. The normalized spacial score (nSPS) is 14.0. The van der Waals surface area contributed by atoms with Crippen molar-refractivity contribution in [3.8, 4) is 0 Å². The van der Waals surface area contributed by atoms with E-state index < -0.39 is 51.1 Å². The van der Waals surface area contributed by atoms with E-state index in [9.17, 15) is 28.9 Å². The first-order valence-corrected chi connectivity index (χ1v) is 22.9. The number of carbonyl (C=O) groups is 3. The molecule has 316 valence electrons. The lowest BCUT2D eigenvalue weighted by Gasteiger charge is -2.26. The molecule has 0 bridgehead atoms. The van der Waals surface area contributed by atoms with Crippen molar-refractivity contribution in [2.24, 2.45) is 0 Å². The molecule has 0 spiro atoms. The maximum Gasteiger partial charge on any atom is 0.306 e. The minimum Gasteiger partial charge on any atom is -0.756 e. The SMILES string of the molecule is CCCCCCCC/C=C\CCCCCCCC(=O)OC[C@H](COP(=O)([O-])OC[C@@H]([NH3+])C(=O)[O-])OC(=O)CCCCCCC/C=C\CCCCCCCC. The summed E-state index contributed by atoms with van der Waals surface area (Å²) < 4.78 is 32.3. The molecule has 3 N–H and O–H groups in total. The van der Waals surface area contributed by atoms with Crippen LogP contribution in [0, 0.1) is 0 Å². The van der Waals surface area contributed by atoms with E-state index in [4.69, 9.17) is 14.0 Å². The third kappa shape index (κ3) is 36.9. The molecule has 0 aliphatic carbocycles. The van der Waals surface area contributed by atoms with Crippen LogP contribution in [0.25, 0.3) is 0 Å². The molecule has 1 unspecified atom stereocenters. The number of hydrogen-bond donors (Lipinski definition) is 1. The number of ether oxygens (including phenoxy) is 2. The fourth-order valence-electron chi connectivity index (χ4n) is 5.76. The predicted octanol–water partition coefficient (Wildman–Crippen LogP) is 8.38. The zero-order chi connectivity index (χ0) is 40.0. The van der Waals surface area contributed by atoms with Gasteiger partial charge in [0, 0.05) is 12.8 Å². The second kappa shape index (κ2) is 37.9. The molecule has 0 saturated heterocycles. The number of carboxylic acids is 1. The lowest BCUT2D eigenvalue weighted by molar-refractivity contribution is -0.441. The Morgan fingerprint density at radius 2 is 0.926 bits per heavy atom. The molecule has 0 radical (unpaired) electrons. The monoisotopic (exact) mass is 787 g/mol. The van der Waals surface area contributed by atoms with E-state index in [-0.39, 0.29) is 19.4 Å². The van der Waals surface area contributed by atoms with Crippen LogP contribution in [0.2, 0.25) is 0 Å². The quantitative estimate of drug-likeness (QED) is 0.0274. The van der Waals surface area contributed by atoms with E-state index in [0.717, 1.165) is 77.0 Å². The molecule has 0 aromatic carbocycles. The van der Waals surface area contributed by atoms with Crippen molar-refractivity contribution in [1.29, 1.82) is 0 Å². The molecule has 11 nitrogen and oxygen atoms in total. The molecule has 0 aromatic heterocycles. The number of phosphoric acid groups is 1. The highest BCUT2D eigenvalue weighted by atomic mass is 31.2. The van der Waals surface area contributed by atoms with Gasteiger partial charge >= 0.3 is 11.9 Å². The third-order valence-electron chi connectivity index (χ3n) is 9.20. The van der Waals surface area contributed by atoms with Gasteiger partial charge in [0.25, 0.3) is 7.82 Å². The Balaban J connectivity index is 4.40. The number of hydrogen-bond acceptors (Lipinski definition) is 10. The van der Waals surface area contributed by atoms with Crippen LogP contribution in [0.1, 0.15) is 194 Å². The van der Waals surface area contributed by atoms with E-state index >= 15 is 0 Å². The van der Waals surface area contributed by atoms with Crippen LogP contribution in [0.15, 0.2) is 24.3 Å². The van der Waals surface area contributed by atoms with Crippen LogP contribution >= 0.6 is 7.82 Å². The maximum atomic E-state index is 12.6. The van der Waals surface area contributed by atoms with E-state index in [1.165, 1.54) is 77.0 Å². The fraction of sp³-hybridized carbons (Fsp3) is 0.833. The number of esters is 2. The van der Waals surface area contributed by atoms with Crippen molar-refractivity contribution in [1.82, 2.24) is 0 Å². The largest absolute Gasteiger partial charge is 0.756 e. The fourth-order valence-corrected chi connectivity index (χ4v) is 6.55. The molecule has 12 heteroatoms. The summed E-state index contributed by atoms with van der Waals surface area (Å²) in [6, 6.07) is -1.42. The lowest BCUT2D eigenvalue weighted by Crippen LogP contribution is -2.70. The topological polar surface area (TPSA) is 179 Å². The van der Waals surface area contributed by atoms with Gasteiger partial charge in [-0.15, -0.1) is 0 Å². The smallest absolute Gasteiger partial charge is 0.306 e. The summed E-state index contributed by atoms with van der Waals surface area (Å²) in [5.41, 5.74) is 3.24. The zero-order valence-electron chi connectivity index (χ0n) is 34.1. The van der Waals surface area contributed by atoms with Gasteiger partial charge in [-0.2, -0.15) is 0 Å². The Kier molecular flexibility index (Phi) is 36.4. The second-order valence-corrected chi connectivity index (χ2v) is 15.9. The predicted molar refractivity (Wildman–Crippen MR) is 211 cm³/mol. The number of aliphatic carboxylic acids is 1. The van der Waals surface area contributed by atoms with Gasteiger partial charge in [0.05, 0.1) is 6.61 Å². The van der Waals surface area contributed by atoms with Crippen LogP contribution in [-0.4, -0.2) is 49.9 Å². The molecule has 0 amide bonds. The number of carboxylic acid groups (broad SMARTS) is 1. The van der Waals surface area contributed by atoms with Gasteiger partial charge in [0.15, 0.2) is 6.10 Å². The second-order valence-electron chi connectivity index (χ2n) is 14.5. The van der Waals surface area contributed by atoms with E-state index in [2.05, 4.69) is 48.4 Å². The molecule has 54 heavy (non-hydrogen) atoms. The molecule has 0 heterocycles. The van der Waals surface area contributed by atoms with Gasteiger partial charge in [-0.3, -0.25) is 14.2 Å². The molecule has 0 rings (SSSR count). The van der Waals surface area contributed by atoms with Crippen molar-refractivity contribution in [3.05, 3.63) is 24.3 Å². The summed E-state index contributed by atoms with van der Waals surface area (Å²) in [5, 5.41) is 10.8. The number of allylic oxidation sites excluding steroid dienone is 4. The average molecular weight is 787 g/mol. The Labute approximate surface area is 328 Å². The van der Waals surface area contributed by atoms with Crippen molar-refractivity contribution in [2.75, 3.05) is 19.8 Å². The van der Waals surface area contributed by atoms with Gasteiger partial charge < -0.3 is 39.0 Å². The van der Waals surface area contributed by atoms with Gasteiger partial charge in [-0.25, -0.2) is 0 Å². The summed E-state index contributed by atoms with van der Waals surface area (Å²) >= 11 is 0. The molecule has 0 saturated carbocycles.